The van der Waals surface area contributed by atoms with Gasteiger partial charge in [-0.25, -0.2) is 0 Å². The molecule has 3 aromatic rings. The van der Waals surface area contributed by atoms with E-state index in [-0.39, 0.29) is 17.1 Å². The van der Waals surface area contributed by atoms with Gasteiger partial charge in [-0.3, -0.25) is 9.59 Å². The van der Waals surface area contributed by atoms with Crippen molar-refractivity contribution in [3.05, 3.63) is 88.1 Å². The quantitative estimate of drug-likeness (QED) is 0.450. The molecule has 0 unspecified atom stereocenters. The van der Waals surface area contributed by atoms with Crippen molar-refractivity contribution in [3.8, 4) is 0 Å². The molecule has 5 heteroatoms. The van der Waals surface area contributed by atoms with Gasteiger partial charge in [0.2, 0.25) is 0 Å². The summed E-state index contributed by atoms with van der Waals surface area (Å²) in [5.74, 6) is -0.0474. The van der Waals surface area contributed by atoms with Crippen molar-refractivity contribution in [2.24, 2.45) is 0 Å². The number of rotatable bonds is 3. The first-order valence-electron chi connectivity index (χ1n) is 7.55. The molecule has 25 heavy (non-hydrogen) atoms. The zero-order valence-corrected chi connectivity index (χ0v) is 14.4. The van der Waals surface area contributed by atoms with Gasteiger partial charge in [0.25, 0.3) is 0 Å². The summed E-state index contributed by atoms with van der Waals surface area (Å²) in [5, 5.41) is 1.34. The van der Waals surface area contributed by atoms with Gasteiger partial charge in [0, 0.05) is 21.0 Å². The Kier molecular flexibility index (Phi) is 4.07. The normalized spacial score (nSPS) is 13.2. The molecule has 0 atom stereocenters. The molecule has 0 bridgehead atoms. The van der Waals surface area contributed by atoms with Crippen LogP contribution in [0, 0.1) is 0 Å². The minimum Gasteiger partial charge on any atom is -0.450 e. The van der Waals surface area contributed by atoms with Crippen LogP contribution in [0.15, 0.2) is 80.6 Å². The van der Waals surface area contributed by atoms with Gasteiger partial charge in [-0.2, -0.15) is 0 Å². The number of carbonyl (C=O) groups excluding carboxylic acids is 2. The molecule has 0 saturated carbocycles. The average molecular weight is 367 g/mol. The lowest BCUT2D eigenvalue weighted by atomic mass is 10.1. The number of furan rings is 1. The Labute approximate surface area is 153 Å². The number of carbonyl (C=O) groups is 2. The molecule has 2 aromatic carbocycles. The topological polar surface area (TPSA) is 47.3 Å². The van der Waals surface area contributed by atoms with Crippen LogP contribution in [0.2, 0.25) is 5.02 Å². The molecule has 0 amide bonds. The van der Waals surface area contributed by atoms with Crippen molar-refractivity contribution in [3.63, 3.8) is 0 Å². The summed E-state index contributed by atoms with van der Waals surface area (Å²) in [4.78, 5) is 25.8. The lowest BCUT2D eigenvalue weighted by Crippen LogP contribution is -1.99. The number of ketones is 2. The third-order valence-electron chi connectivity index (χ3n) is 3.83. The predicted octanol–water partition coefficient (Wildman–Crippen LogP) is 5.55. The van der Waals surface area contributed by atoms with E-state index in [1.807, 2.05) is 30.3 Å². The highest BCUT2D eigenvalue weighted by Gasteiger charge is 2.32. The number of benzene rings is 2. The molecule has 1 aromatic heterocycles. The van der Waals surface area contributed by atoms with Gasteiger partial charge in [0.1, 0.15) is 5.76 Å². The maximum atomic E-state index is 12.4. The first kappa shape index (κ1) is 15.9. The summed E-state index contributed by atoms with van der Waals surface area (Å²) < 4.78 is 5.72. The maximum Gasteiger partial charge on any atom is 0.197 e. The molecular weight excluding hydrogens is 356 g/mol. The van der Waals surface area contributed by atoms with Crippen LogP contribution >= 0.6 is 23.4 Å². The number of fused-ring (bicyclic) bond motifs is 1. The minimum atomic E-state index is -0.260. The van der Waals surface area contributed by atoms with E-state index in [1.54, 1.807) is 30.3 Å². The fourth-order valence-corrected chi connectivity index (χ4v) is 3.54. The monoisotopic (exact) mass is 366 g/mol. The highest BCUT2D eigenvalue weighted by atomic mass is 35.5. The van der Waals surface area contributed by atoms with E-state index in [2.05, 4.69) is 0 Å². The fraction of sp³-hybridized carbons (Fsp3) is 0. The standard InChI is InChI=1S/C20H11ClO3S/c21-12-5-8-14(9-6-12)25-18-10-7-13(24-18)11-17-19(22)15-3-1-2-4-16(15)20(17)23/h1-11H. The fourth-order valence-electron chi connectivity index (χ4n) is 2.63. The molecule has 0 spiro atoms. The summed E-state index contributed by atoms with van der Waals surface area (Å²) in [7, 11) is 0. The second kappa shape index (κ2) is 6.39. The van der Waals surface area contributed by atoms with Gasteiger partial charge >= 0.3 is 0 Å². The van der Waals surface area contributed by atoms with E-state index < -0.39 is 0 Å². The Hall–Kier alpha value is -2.56. The zero-order chi connectivity index (χ0) is 17.4. The van der Waals surface area contributed by atoms with Crippen molar-refractivity contribution in [1.29, 1.82) is 0 Å². The molecule has 1 aliphatic rings. The Morgan fingerprint density at radius 3 is 2.12 bits per heavy atom. The van der Waals surface area contributed by atoms with Crippen LogP contribution < -0.4 is 0 Å². The Bertz CT molecular complexity index is 978. The first-order valence-corrected chi connectivity index (χ1v) is 8.74. The molecule has 1 heterocycles. The zero-order valence-electron chi connectivity index (χ0n) is 12.9. The third kappa shape index (κ3) is 3.06. The van der Waals surface area contributed by atoms with E-state index in [0.717, 1.165) is 4.90 Å². The van der Waals surface area contributed by atoms with Gasteiger partial charge in [-0.15, -0.1) is 0 Å². The van der Waals surface area contributed by atoms with Crippen LogP contribution in [0.5, 0.6) is 0 Å². The maximum absolute atomic E-state index is 12.4. The smallest absolute Gasteiger partial charge is 0.197 e. The second-order valence-electron chi connectivity index (χ2n) is 5.47. The van der Waals surface area contributed by atoms with E-state index in [1.165, 1.54) is 17.8 Å². The van der Waals surface area contributed by atoms with Crippen LogP contribution in [0.4, 0.5) is 0 Å². The molecule has 0 N–H and O–H groups in total. The predicted molar refractivity (Wildman–Crippen MR) is 97.4 cm³/mol. The van der Waals surface area contributed by atoms with E-state index >= 15 is 0 Å². The molecule has 0 aliphatic heterocycles. The van der Waals surface area contributed by atoms with Gasteiger partial charge in [0.15, 0.2) is 16.7 Å². The van der Waals surface area contributed by atoms with E-state index in [4.69, 9.17) is 16.0 Å². The van der Waals surface area contributed by atoms with Gasteiger partial charge < -0.3 is 4.42 Å². The van der Waals surface area contributed by atoms with E-state index in [0.29, 0.717) is 27.0 Å². The lowest BCUT2D eigenvalue weighted by Gasteiger charge is -1.98. The van der Waals surface area contributed by atoms with Gasteiger partial charge in [-0.1, -0.05) is 47.6 Å². The summed E-state index contributed by atoms with van der Waals surface area (Å²) in [5.41, 5.74) is 1.03. The molecular formula is C20H11ClO3S. The van der Waals surface area contributed by atoms with Crippen LogP contribution in [-0.2, 0) is 0 Å². The van der Waals surface area contributed by atoms with Crippen molar-refractivity contribution in [2.75, 3.05) is 0 Å². The largest absolute Gasteiger partial charge is 0.450 e. The summed E-state index contributed by atoms with van der Waals surface area (Å²) in [6.45, 7) is 0. The number of halogens is 1. The van der Waals surface area contributed by atoms with Gasteiger partial charge in [-0.05, 0) is 42.5 Å². The number of hydrogen-bond donors (Lipinski definition) is 0. The lowest BCUT2D eigenvalue weighted by molar-refractivity contribution is 0.0990. The summed E-state index contributed by atoms with van der Waals surface area (Å²) in [6, 6.07) is 17.8. The molecule has 0 radical (unpaired) electrons. The number of Topliss-reactive ketones (excluding diaryl/α,β-unsaturated/α-hetero) is 2. The first-order chi connectivity index (χ1) is 12.1. The highest BCUT2D eigenvalue weighted by molar-refractivity contribution is 7.99. The van der Waals surface area contributed by atoms with Crippen molar-refractivity contribution in [2.45, 2.75) is 9.99 Å². The molecule has 1 aliphatic carbocycles. The van der Waals surface area contributed by atoms with Crippen LogP contribution in [-0.4, -0.2) is 11.6 Å². The Morgan fingerprint density at radius 2 is 1.48 bits per heavy atom. The van der Waals surface area contributed by atoms with Crippen LogP contribution in [0.3, 0.4) is 0 Å². The molecule has 4 rings (SSSR count). The van der Waals surface area contributed by atoms with Crippen LogP contribution in [0.25, 0.3) is 6.08 Å². The van der Waals surface area contributed by atoms with Crippen molar-refractivity contribution < 1.29 is 14.0 Å². The van der Waals surface area contributed by atoms with Crippen molar-refractivity contribution >= 4 is 41.0 Å². The number of allylic oxidation sites excluding steroid dienone is 1. The highest BCUT2D eigenvalue weighted by Crippen LogP contribution is 2.32. The number of hydrogen-bond acceptors (Lipinski definition) is 4. The molecule has 0 fully saturated rings. The third-order valence-corrected chi connectivity index (χ3v) is 5.01. The van der Waals surface area contributed by atoms with Crippen molar-refractivity contribution in [1.82, 2.24) is 0 Å². The second-order valence-corrected chi connectivity index (χ2v) is 6.99. The molecule has 122 valence electrons. The Morgan fingerprint density at radius 1 is 0.840 bits per heavy atom. The average Bonchev–Trinajstić information content (AvgIpc) is 3.16. The Balaban J connectivity index is 1.59. The summed E-state index contributed by atoms with van der Waals surface area (Å²) in [6.07, 6.45) is 1.51. The van der Waals surface area contributed by atoms with E-state index in [9.17, 15) is 9.59 Å². The molecule has 0 saturated heterocycles. The minimum absolute atomic E-state index is 0.138. The molecule has 3 nitrogen and oxygen atoms in total. The SMILES string of the molecule is O=C1C(=Cc2ccc(Sc3ccc(Cl)cc3)o2)C(=O)c2ccccc21. The summed E-state index contributed by atoms with van der Waals surface area (Å²) >= 11 is 7.31. The van der Waals surface area contributed by atoms with Gasteiger partial charge in [0.05, 0.1) is 5.57 Å². The van der Waals surface area contributed by atoms with Crippen LogP contribution in [0.1, 0.15) is 26.5 Å².